The Morgan fingerprint density at radius 1 is 1.31 bits per heavy atom. The van der Waals surface area contributed by atoms with Crippen LogP contribution < -0.4 is 5.32 Å². The van der Waals surface area contributed by atoms with Gasteiger partial charge in [-0.2, -0.15) is 26.7 Å². The molecule has 0 radical (unpaired) electrons. The first-order valence-electron chi connectivity index (χ1n) is 7.04. The van der Waals surface area contributed by atoms with E-state index in [-0.39, 0.29) is 37.6 Å². The number of carbonyl (C=O) groups is 1. The number of hydrogen-bond acceptors (Lipinski definition) is 5. The summed E-state index contributed by atoms with van der Waals surface area (Å²) in [7, 11) is -2.25. The summed E-state index contributed by atoms with van der Waals surface area (Å²) < 4.78 is 70.8. The van der Waals surface area contributed by atoms with E-state index in [9.17, 15) is 26.6 Å². The smallest absolute Gasteiger partial charge is 0.408 e. The summed E-state index contributed by atoms with van der Waals surface area (Å²) in [4.78, 5) is 11.0. The van der Waals surface area contributed by atoms with Crippen molar-refractivity contribution in [3.63, 3.8) is 0 Å². The molecule has 0 bridgehead atoms. The topological polar surface area (TPSA) is 85.1 Å². The van der Waals surface area contributed by atoms with E-state index in [2.05, 4.69) is 15.5 Å². The number of hydrogen-bond donors (Lipinski definition) is 1. The fourth-order valence-corrected chi connectivity index (χ4v) is 3.29. The molecule has 0 saturated carbocycles. The van der Waals surface area contributed by atoms with E-state index in [1.807, 2.05) is 0 Å². The molecule has 0 spiro atoms. The predicted octanol–water partition coefficient (Wildman–Crippen LogP) is 3.42. The van der Waals surface area contributed by atoms with Gasteiger partial charge in [-0.05, 0) is 18.6 Å². The molecular weight excluding hydrogens is 398 g/mol. The molecule has 0 saturated heterocycles. The fourth-order valence-electron chi connectivity index (χ4n) is 1.98. The Labute approximate surface area is 155 Å². The van der Waals surface area contributed by atoms with Gasteiger partial charge in [-0.15, -0.1) is 5.10 Å². The standard InChI is InChI=1S/C14H13F4N3O3S.H2S/c1-3-6-25(23)11-9(14(16,17)18)5-4-8(10(11)15)12(22)19-13-21-20-7(2)24-13;/h4-5H,3,6H2,1-2H3,(H,19,21,22);1H2. The lowest BCUT2D eigenvalue weighted by Crippen LogP contribution is -2.19. The molecular formula is C14H15F4N3O3S2. The van der Waals surface area contributed by atoms with Crippen LogP contribution in [-0.4, -0.2) is 26.1 Å². The van der Waals surface area contributed by atoms with E-state index in [1.165, 1.54) is 6.92 Å². The lowest BCUT2D eigenvalue weighted by molar-refractivity contribution is -0.140. The van der Waals surface area contributed by atoms with Gasteiger partial charge in [-0.25, -0.2) is 4.39 Å². The molecule has 1 atom stereocenters. The van der Waals surface area contributed by atoms with Crippen molar-refractivity contribution in [2.75, 3.05) is 11.1 Å². The highest BCUT2D eigenvalue weighted by molar-refractivity contribution is 7.85. The van der Waals surface area contributed by atoms with E-state index in [0.29, 0.717) is 12.1 Å². The zero-order valence-corrected chi connectivity index (χ0v) is 15.4. The Kier molecular flexibility index (Phi) is 7.33. The van der Waals surface area contributed by atoms with Gasteiger partial charge in [0.25, 0.3) is 5.91 Å². The molecule has 1 aromatic heterocycles. The van der Waals surface area contributed by atoms with Crippen molar-refractivity contribution in [3.05, 3.63) is 35.0 Å². The fraction of sp³-hybridized carbons (Fsp3) is 0.357. The normalized spacial score (nSPS) is 12.4. The van der Waals surface area contributed by atoms with Crippen molar-refractivity contribution in [1.29, 1.82) is 0 Å². The minimum absolute atomic E-state index is 0. The van der Waals surface area contributed by atoms with Gasteiger partial charge in [0, 0.05) is 12.7 Å². The second-order valence-electron chi connectivity index (χ2n) is 4.93. The highest BCUT2D eigenvalue weighted by Gasteiger charge is 2.38. The van der Waals surface area contributed by atoms with Crippen molar-refractivity contribution in [1.82, 2.24) is 10.2 Å². The summed E-state index contributed by atoms with van der Waals surface area (Å²) in [5, 5.41) is 9.00. The molecule has 0 aliphatic heterocycles. The zero-order chi connectivity index (χ0) is 18.8. The summed E-state index contributed by atoms with van der Waals surface area (Å²) in [6.45, 7) is 3.05. The second kappa shape index (κ2) is 8.62. The van der Waals surface area contributed by atoms with Crippen molar-refractivity contribution in [2.45, 2.75) is 31.3 Å². The first-order chi connectivity index (χ1) is 11.6. The summed E-state index contributed by atoms with van der Waals surface area (Å²) in [5.41, 5.74) is -2.08. The second-order valence-corrected chi connectivity index (χ2v) is 6.44. The minimum Gasteiger partial charge on any atom is -0.408 e. The van der Waals surface area contributed by atoms with Crippen LogP contribution in [0.3, 0.4) is 0 Å². The molecule has 1 aromatic carbocycles. The monoisotopic (exact) mass is 413 g/mol. The molecule has 1 N–H and O–H groups in total. The summed E-state index contributed by atoms with van der Waals surface area (Å²) in [6, 6.07) is 0.863. The maximum Gasteiger partial charge on any atom is 0.417 e. The number of halogens is 4. The molecule has 1 amide bonds. The molecule has 0 aliphatic rings. The van der Waals surface area contributed by atoms with Crippen molar-refractivity contribution in [3.8, 4) is 0 Å². The third-order valence-corrected chi connectivity index (χ3v) is 4.64. The number of carbonyl (C=O) groups excluding carboxylic acids is 1. The maximum absolute atomic E-state index is 14.6. The van der Waals surface area contributed by atoms with E-state index in [0.717, 1.165) is 0 Å². The van der Waals surface area contributed by atoms with Crippen molar-refractivity contribution < 1.29 is 31.0 Å². The van der Waals surface area contributed by atoms with Crippen LogP contribution in [0.4, 0.5) is 23.6 Å². The van der Waals surface area contributed by atoms with Gasteiger partial charge in [0.2, 0.25) is 5.89 Å². The van der Waals surface area contributed by atoms with Crippen LogP contribution in [0.2, 0.25) is 0 Å². The number of nitrogens with zero attached hydrogens (tertiary/aromatic N) is 2. The molecule has 0 aliphatic carbocycles. The molecule has 1 unspecified atom stereocenters. The van der Waals surface area contributed by atoms with Crippen LogP contribution in [0.5, 0.6) is 0 Å². The Balaban J connectivity index is 0.00000338. The van der Waals surface area contributed by atoms with E-state index in [4.69, 9.17) is 4.42 Å². The quantitative estimate of drug-likeness (QED) is 0.760. The maximum atomic E-state index is 14.6. The highest BCUT2D eigenvalue weighted by Crippen LogP contribution is 2.36. The van der Waals surface area contributed by atoms with Crippen LogP contribution in [0.1, 0.15) is 35.2 Å². The Morgan fingerprint density at radius 2 is 1.96 bits per heavy atom. The molecule has 6 nitrogen and oxygen atoms in total. The Hall–Kier alpha value is -1.95. The van der Waals surface area contributed by atoms with Crippen LogP contribution in [-0.2, 0) is 17.0 Å². The third-order valence-electron chi connectivity index (χ3n) is 3.01. The molecule has 0 fully saturated rings. The molecule has 144 valence electrons. The van der Waals surface area contributed by atoms with E-state index < -0.39 is 44.7 Å². The van der Waals surface area contributed by atoms with E-state index >= 15 is 0 Å². The minimum atomic E-state index is -4.90. The zero-order valence-electron chi connectivity index (χ0n) is 13.6. The number of aryl methyl sites for hydroxylation is 1. The number of alkyl halides is 3. The number of amides is 1. The predicted molar refractivity (Wildman–Crippen MR) is 90.3 cm³/mol. The lowest BCUT2D eigenvalue weighted by atomic mass is 10.1. The number of anilines is 1. The number of benzene rings is 1. The average molecular weight is 413 g/mol. The molecule has 2 aromatic rings. The summed E-state index contributed by atoms with van der Waals surface area (Å²) in [5.74, 6) is -2.62. The average Bonchev–Trinajstić information content (AvgIpc) is 2.90. The summed E-state index contributed by atoms with van der Waals surface area (Å²) in [6.07, 6.45) is -4.63. The van der Waals surface area contributed by atoms with Crippen LogP contribution >= 0.6 is 13.5 Å². The van der Waals surface area contributed by atoms with Gasteiger partial charge in [-0.3, -0.25) is 14.3 Å². The Morgan fingerprint density at radius 3 is 2.46 bits per heavy atom. The van der Waals surface area contributed by atoms with Gasteiger partial charge < -0.3 is 4.42 Å². The van der Waals surface area contributed by atoms with Gasteiger partial charge in [-0.1, -0.05) is 12.0 Å². The molecule has 26 heavy (non-hydrogen) atoms. The van der Waals surface area contributed by atoms with Gasteiger partial charge in [0.05, 0.1) is 26.8 Å². The highest BCUT2D eigenvalue weighted by atomic mass is 32.2. The van der Waals surface area contributed by atoms with Crippen molar-refractivity contribution in [2.24, 2.45) is 0 Å². The van der Waals surface area contributed by atoms with Crippen LogP contribution in [0, 0.1) is 12.7 Å². The SMILES string of the molecule is CCCS(=O)c1c(C(F)(F)F)ccc(C(=O)Nc2nnc(C)o2)c1F.S. The Bertz CT molecular complexity index is 824. The number of nitrogens with one attached hydrogen (secondary N) is 1. The van der Waals surface area contributed by atoms with Crippen LogP contribution in [0.15, 0.2) is 21.4 Å². The first-order valence-corrected chi connectivity index (χ1v) is 8.36. The molecule has 2 rings (SSSR count). The van der Waals surface area contributed by atoms with Crippen LogP contribution in [0.25, 0.3) is 0 Å². The van der Waals surface area contributed by atoms with E-state index in [1.54, 1.807) is 6.92 Å². The molecule has 12 heteroatoms. The van der Waals surface area contributed by atoms with Gasteiger partial charge in [0.1, 0.15) is 0 Å². The number of rotatable bonds is 5. The molecule has 1 heterocycles. The van der Waals surface area contributed by atoms with Crippen molar-refractivity contribution >= 4 is 36.2 Å². The summed E-state index contributed by atoms with van der Waals surface area (Å²) >= 11 is 0. The third kappa shape index (κ3) is 4.81. The van der Waals surface area contributed by atoms with Gasteiger partial charge in [0.15, 0.2) is 5.82 Å². The van der Waals surface area contributed by atoms with Gasteiger partial charge >= 0.3 is 12.2 Å². The first kappa shape index (κ1) is 22.1. The number of aromatic nitrogens is 2. The lowest BCUT2D eigenvalue weighted by Gasteiger charge is -2.15. The largest absolute Gasteiger partial charge is 0.417 e.